The maximum absolute atomic E-state index is 12.7. The summed E-state index contributed by atoms with van der Waals surface area (Å²) in [5.41, 5.74) is 2.33. The molecule has 1 heterocycles. The van der Waals surface area contributed by atoms with Gasteiger partial charge in [0, 0.05) is 19.5 Å². The minimum absolute atomic E-state index is 0.145. The number of methoxy groups -OCH3 is 2. The van der Waals surface area contributed by atoms with Gasteiger partial charge in [0.2, 0.25) is 5.91 Å². The zero-order chi connectivity index (χ0) is 20.6. The number of rotatable bonds is 9. The predicted molar refractivity (Wildman–Crippen MR) is 111 cm³/mol. The third-order valence-electron chi connectivity index (χ3n) is 5.01. The van der Waals surface area contributed by atoms with E-state index in [0.717, 1.165) is 35.8 Å². The smallest absolute Gasteiger partial charge is 0.223 e. The normalized spacial score (nSPS) is 12.9. The zero-order valence-corrected chi connectivity index (χ0v) is 17.4. The van der Waals surface area contributed by atoms with Crippen molar-refractivity contribution in [2.45, 2.75) is 32.7 Å². The summed E-state index contributed by atoms with van der Waals surface area (Å²) >= 11 is 0. The van der Waals surface area contributed by atoms with Crippen LogP contribution in [0.25, 0.3) is 0 Å². The van der Waals surface area contributed by atoms with E-state index in [2.05, 4.69) is 0 Å². The zero-order valence-electron chi connectivity index (χ0n) is 17.4. The van der Waals surface area contributed by atoms with Gasteiger partial charge < -0.3 is 23.8 Å². The van der Waals surface area contributed by atoms with Gasteiger partial charge in [0.25, 0.3) is 0 Å². The van der Waals surface area contributed by atoms with Gasteiger partial charge in [-0.05, 0) is 55.2 Å². The number of carbonyl (C=O) groups is 1. The molecule has 0 N–H and O–H groups in total. The lowest BCUT2D eigenvalue weighted by Crippen LogP contribution is -2.36. The molecule has 2 aromatic carbocycles. The SMILES string of the molecule is CCOc1ccccc1OCCCC(=O)N1CCc2cc(OC)c(OC)cc2C1. The Kier molecular flexibility index (Phi) is 7.22. The summed E-state index contributed by atoms with van der Waals surface area (Å²) in [5, 5.41) is 0. The van der Waals surface area contributed by atoms with E-state index in [1.54, 1.807) is 14.2 Å². The Morgan fingerprint density at radius 1 is 0.966 bits per heavy atom. The second-order valence-electron chi connectivity index (χ2n) is 6.87. The van der Waals surface area contributed by atoms with Gasteiger partial charge in [-0.1, -0.05) is 12.1 Å². The molecule has 1 amide bonds. The van der Waals surface area contributed by atoms with Crippen LogP contribution >= 0.6 is 0 Å². The maximum Gasteiger partial charge on any atom is 0.223 e. The second-order valence-corrected chi connectivity index (χ2v) is 6.87. The Morgan fingerprint density at radius 2 is 1.62 bits per heavy atom. The molecule has 0 bridgehead atoms. The fourth-order valence-electron chi connectivity index (χ4n) is 3.50. The van der Waals surface area contributed by atoms with E-state index in [4.69, 9.17) is 18.9 Å². The molecule has 0 unspecified atom stereocenters. The summed E-state index contributed by atoms with van der Waals surface area (Å²) in [7, 11) is 3.26. The molecule has 0 aliphatic carbocycles. The molecule has 0 saturated heterocycles. The predicted octanol–water partition coefficient (Wildman–Crippen LogP) is 3.85. The molecule has 6 heteroatoms. The number of ether oxygens (including phenoxy) is 4. The summed E-state index contributed by atoms with van der Waals surface area (Å²) < 4.78 is 22.1. The molecule has 0 aromatic heterocycles. The molecule has 3 rings (SSSR count). The maximum atomic E-state index is 12.7. The van der Waals surface area contributed by atoms with Gasteiger partial charge >= 0.3 is 0 Å². The minimum Gasteiger partial charge on any atom is -0.493 e. The first kappa shape index (κ1) is 20.8. The lowest BCUT2D eigenvalue weighted by Gasteiger charge is -2.29. The standard InChI is InChI=1S/C23H29NO5/c1-4-28-19-8-5-6-9-20(19)29-13-7-10-23(25)24-12-11-17-14-21(26-2)22(27-3)15-18(17)16-24/h5-6,8-9,14-15H,4,7,10-13,16H2,1-3H3. The van der Waals surface area contributed by atoms with Crippen molar-refractivity contribution in [2.75, 3.05) is 34.0 Å². The third kappa shape index (κ3) is 5.13. The van der Waals surface area contributed by atoms with Gasteiger partial charge in [-0.15, -0.1) is 0 Å². The highest BCUT2D eigenvalue weighted by atomic mass is 16.5. The molecule has 0 spiro atoms. The number of carbonyl (C=O) groups excluding carboxylic acids is 1. The average Bonchev–Trinajstić information content (AvgIpc) is 2.76. The Bertz CT molecular complexity index is 836. The van der Waals surface area contributed by atoms with E-state index in [1.165, 1.54) is 5.56 Å². The number of hydrogen-bond donors (Lipinski definition) is 0. The van der Waals surface area contributed by atoms with Crippen molar-refractivity contribution in [3.05, 3.63) is 47.5 Å². The molecule has 1 aliphatic rings. The topological polar surface area (TPSA) is 57.2 Å². The number of para-hydroxylation sites is 2. The molecule has 0 radical (unpaired) electrons. The van der Waals surface area contributed by atoms with Crippen LogP contribution in [-0.2, 0) is 17.8 Å². The number of nitrogens with zero attached hydrogens (tertiary/aromatic N) is 1. The average molecular weight is 399 g/mol. The van der Waals surface area contributed by atoms with Gasteiger partial charge in [0.05, 0.1) is 27.4 Å². The highest BCUT2D eigenvalue weighted by Crippen LogP contribution is 2.33. The summed E-state index contributed by atoms with van der Waals surface area (Å²) in [6.45, 7) is 4.33. The summed E-state index contributed by atoms with van der Waals surface area (Å²) in [4.78, 5) is 14.6. The first-order valence-corrected chi connectivity index (χ1v) is 10.0. The molecule has 0 atom stereocenters. The molecule has 0 saturated carbocycles. The van der Waals surface area contributed by atoms with Crippen LogP contribution in [0.1, 0.15) is 30.9 Å². The second kappa shape index (κ2) is 10.0. The van der Waals surface area contributed by atoms with Crippen molar-refractivity contribution in [3.63, 3.8) is 0 Å². The van der Waals surface area contributed by atoms with Crippen LogP contribution in [0.4, 0.5) is 0 Å². The third-order valence-corrected chi connectivity index (χ3v) is 5.01. The van der Waals surface area contributed by atoms with Gasteiger partial charge in [-0.25, -0.2) is 0 Å². The van der Waals surface area contributed by atoms with E-state index in [0.29, 0.717) is 38.3 Å². The largest absolute Gasteiger partial charge is 0.493 e. The first-order valence-electron chi connectivity index (χ1n) is 10.0. The minimum atomic E-state index is 0.145. The van der Waals surface area contributed by atoms with Crippen LogP contribution in [0.15, 0.2) is 36.4 Å². The van der Waals surface area contributed by atoms with Crippen LogP contribution in [0, 0.1) is 0 Å². The van der Waals surface area contributed by atoms with Crippen LogP contribution in [0.2, 0.25) is 0 Å². The van der Waals surface area contributed by atoms with Crippen molar-refractivity contribution in [1.82, 2.24) is 4.90 Å². The van der Waals surface area contributed by atoms with Crippen LogP contribution in [-0.4, -0.2) is 44.8 Å². The Labute approximate surface area is 172 Å². The summed E-state index contributed by atoms with van der Waals surface area (Å²) in [6, 6.07) is 11.6. The Morgan fingerprint density at radius 3 is 2.28 bits per heavy atom. The highest BCUT2D eigenvalue weighted by molar-refractivity contribution is 5.76. The lowest BCUT2D eigenvalue weighted by atomic mass is 9.98. The van der Waals surface area contributed by atoms with Crippen molar-refractivity contribution in [3.8, 4) is 23.0 Å². The number of amides is 1. The number of hydrogen-bond acceptors (Lipinski definition) is 5. The first-order chi connectivity index (χ1) is 14.2. The van der Waals surface area contributed by atoms with Crippen molar-refractivity contribution in [2.24, 2.45) is 0 Å². The molecular weight excluding hydrogens is 370 g/mol. The van der Waals surface area contributed by atoms with E-state index in [1.807, 2.05) is 48.2 Å². The molecule has 2 aromatic rings. The fraction of sp³-hybridized carbons (Fsp3) is 0.435. The monoisotopic (exact) mass is 399 g/mol. The molecule has 29 heavy (non-hydrogen) atoms. The molecule has 6 nitrogen and oxygen atoms in total. The van der Waals surface area contributed by atoms with Crippen LogP contribution in [0.5, 0.6) is 23.0 Å². The number of benzene rings is 2. The van der Waals surface area contributed by atoms with Gasteiger partial charge in [-0.2, -0.15) is 0 Å². The van der Waals surface area contributed by atoms with E-state index in [9.17, 15) is 4.79 Å². The fourth-order valence-corrected chi connectivity index (χ4v) is 3.50. The van der Waals surface area contributed by atoms with E-state index >= 15 is 0 Å². The molecule has 1 aliphatic heterocycles. The van der Waals surface area contributed by atoms with E-state index < -0.39 is 0 Å². The van der Waals surface area contributed by atoms with Crippen molar-refractivity contribution >= 4 is 5.91 Å². The highest BCUT2D eigenvalue weighted by Gasteiger charge is 2.22. The number of fused-ring (bicyclic) bond motifs is 1. The summed E-state index contributed by atoms with van der Waals surface area (Å²) in [6.07, 6.45) is 1.94. The van der Waals surface area contributed by atoms with Crippen LogP contribution < -0.4 is 18.9 Å². The van der Waals surface area contributed by atoms with Gasteiger partial charge in [0.15, 0.2) is 23.0 Å². The Hall–Kier alpha value is -2.89. The quantitative estimate of drug-likeness (QED) is 0.600. The summed E-state index contributed by atoms with van der Waals surface area (Å²) in [5.74, 6) is 3.03. The van der Waals surface area contributed by atoms with Gasteiger partial charge in [-0.3, -0.25) is 4.79 Å². The van der Waals surface area contributed by atoms with Crippen molar-refractivity contribution < 1.29 is 23.7 Å². The molecular formula is C23H29NO5. The van der Waals surface area contributed by atoms with E-state index in [-0.39, 0.29) is 5.91 Å². The van der Waals surface area contributed by atoms with Crippen LogP contribution in [0.3, 0.4) is 0 Å². The van der Waals surface area contributed by atoms with Gasteiger partial charge in [0.1, 0.15) is 0 Å². The molecule has 156 valence electrons. The molecule has 0 fully saturated rings. The Balaban J connectivity index is 1.51. The lowest BCUT2D eigenvalue weighted by molar-refractivity contribution is -0.132. The van der Waals surface area contributed by atoms with Crippen molar-refractivity contribution in [1.29, 1.82) is 0 Å².